The third-order valence-corrected chi connectivity index (χ3v) is 7.57. The van der Waals surface area contributed by atoms with Crippen molar-refractivity contribution in [1.29, 1.82) is 0 Å². The Morgan fingerprint density at radius 3 is 2.23 bits per heavy atom. The molecule has 0 unspecified atom stereocenters. The number of carbonyl (C=O) groups excluding carboxylic acids is 1. The van der Waals surface area contributed by atoms with Gasteiger partial charge in [-0.2, -0.15) is 0 Å². The van der Waals surface area contributed by atoms with E-state index in [1.165, 1.54) is 19.2 Å². The molecule has 0 spiro atoms. The second-order valence-electron chi connectivity index (χ2n) is 9.15. The third kappa shape index (κ3) is 6.40. The van der Waals surface area contributed by atoms with Crippen LogP contribution in [0, 0.1) is 5.92 Å². The highest BCUT2D eigenvalue weighted by molar-refractivity contribution is 6.42. The van der Waals surface area contributed by atoms with Gasteiger partial charge in [-0.05, 0) is 61.9 Å². The molecular weight excluding hydrogens is 491 g/mol. The quantitative estimate of drug-likeness (QED) is 0.547. The van der Waals surface area contributed by atoms with E-state index in [1.807, 2.05) is 6.07 Å². The van der Waals surface area contributed by atoms with Crippen molar-refractivity contribution in [1.82, 2.24) is 9.80 Å². The summed E-state index contributed by atoms with van der Waals surface area (Å²) in [5.41, 5.74) is 0.184. The van der Waals surface area contributed by atoms with Gasteiger partial charge in [0.15, 0.2) is 0 Å². The summed E-state index contributed by atoms with van der Waals surface area (Å²) < 4.78 is 11.3. The Balaban J connectivity index is 1.25. The fraction of sp³-hybridized carbons (Fsp3) is 0.462. The number of benzene rings is 2. The van der Waals surface area contributed by atoms with Crippen LogP contribution in [0.5, 0.6) is 11.5 Å². The van der Waals surface area contributed by atoms with Crippen molar-refractivity contribution in [2.75, 3.05) is 39.8 Å². The van der Waals surface area contributed by atoms with Crippen molar-refractivity contribution in [3.05, 3.63) is 57.6 Å². The van der Waals surface area contributed by atoms with Crippen LogP contribution in [0.3, 0.4) is 0 Å². The van der Waals surface area contributed by atoms with Crippen LogP contribution in [0.25, 0.3) is 0 Å². The number of amides is 1. The van der Waals surface area contributed by atoms with E-state index in [1.54, 1.807) is 23.1 Å². The second kappa shape index (κ2) is 11.5. The molecule has 0 radical (unpaired) electrons. The molecule has 0 saturated carbocycles. The van der Waals surface area contributed by atoms with E-state index in [-0.39, 0.29) is 23.1 Å². The predicted molar refractivity (Wildman–Crippen MR) is 135 cm³/mol. The van der Waals surface area contributed by atoms with E-state index in [4.69, 9.17) is 32.7 Å². The van der Waals surface area contributed by atoms with E-state index in [2.05, 4.69) is 4.90 Å². The monoisotopic (exact) mass is 520 g/mol. The molecule has 0 bridgehead atoms. The minimum atomic E-state index is -1.11. The first-order valence-electron chi connectivity index (χ1n) is 11.9. The van der Waals surface area contributed by atoms with Crippen LogP contribution in [0.4, 0.5) is 0 Å². The maximum Gasteiger partial charge on any atom is 0.336 e. The summed E-state index contributed by atoms with van der Waals surface area (Å²) in [6, 6.07) is 9.86. The number of piperidine rings is 2. The maximum atomic E-state index is 13.1. The Bertz CT molecular complexity index is 1060. The van der Waals surface area contributed by atoms with Crippen LogP contribution in [0.15, 0.2) is 36.4 Å². The number of rotatable bonds is 7. The molecule has 0 aromatic heterocycles. The van der Waals surface area contributed by atoms with Crippen LogP contribution < -0.4 is 9.47 Å². The van der Waals surface area contributed by atoms with Gasteiger partial charge in [-0.25, -0.2) is 4.79 Å². The van der Waals surface area contributed by atoms with E-state index < -0.39 is 5.97 Å². The maximum absolute atomic E-state index is 13.1. The van der Waals surface area contributed by atoms with E-state index >= 15 is 0 Å². The summed E-state index contributed by atoms with van der Waals surface area (Å²) in [5, 5.41) is 10.5. The van der Waals surface area contributed by atoms with Crippen LogP contribution >= 0.6 is 23.2 Å². The van der Waals surface area contributed by atoms with E-state index in [9.17, 15) is 14.7 Å². The molecule has 188 valence electrons. The molecule has 0 atom stereocenters. The second-order valence-corrected chi connectivity index (χ2v) is 9.96. The molecule has 7 nitrogen and oxygen atoms in total. The largest absolute Gasteiger partial charge is 0.497 e. The normalized spacial score (nSPS) is 17.9. The number of nitrogens with zero attached hydrogens (tertiary/aromatic N) is 2. The summed E-state index contributed by atoms with van der Waals surface area (Å²) in [6.07, 6.45) is 3.86. The zero-order chi connectivity index (χ0) is 24.9. The van der Waals surface area contributed by atoms with Crippen LogP contribution in [-0.4, -0.2) is 72.7 Å². The van der Waals surface area contributed by atoms with Gasteiger partial charge in [0, 0.05) is 38.8 Å². The van der Waals surface area contributed by atoms with Crippen molar-refractivity contribution >= 4 is 35.1 Å². The standard InChI is InChI=1S/C26H30Cl2N2O5/c1-34-19-2-4-21(26(32)33)22(14-19)25(31)30-12-6-17(7-13-30)16-29-10-8-18(9-11-29)35-20-3-5-23(27)24(28)15-20/h2-5,14-15,17-18H,6-13,16H2,1H3,(H,32,33). The minimum absolute atomic E-state index is 0.00360. The van der Waals surface area contributed by atoms with Gasteiger partial charge in [0.05, 0.1) is 28.3 Å². The van der Waals surface area contributed by atoms with E-state index in [0.717, 1.165) is 51.1 Å². The molecule has 2 aromatic carbocycles. The molecule has 2 aliphatic heterocycles. The highest BCUT2D eigenvalue weighted by Gasteiger charge is 2.29. The zero-order valence-corrected chi connectivity index (χ0v) is 21.2. The molecule has 35 heavy (non-hydrogen) atoms. The van der Waals surface area contributed by atoms with Crippen molar-refractivity contribution in [2.45, 2.75) is 31.8 Å². The molecule has 2 aromatic rings. The average molecular weight is 521 g/mol. The number of carboxylic acids is 1. The Morgan fingerprint density at radius 2 is 1.60 bits per heavy atom. The first kappa shape index (κ1) is 25.6. The van der Waals surface area contributed by atoms with Gasteiger partial charge in [-0.15, -0.1) is 0 Å². The van der Waals surface area contributed by atoms with Crippen molar-refractivity contribution < 1.29 is 24.2 Å². The van der Waals surface area contributed by atoms with Crippen molar-refractivity contribution in [3.63, 3.8) is 0 Å². The number of carbonyl (C=O) groups is 2. The molecule has 4 rings (SSSR count). The fourth-order valence-electron chi connectivity index (χ4n) is 4.82. The van der Waals surface area contributed by atoms with Gasteiger partial charge in [-0.3, -0.25) is 4.79 Å². The first-order chi connectivity index (χ1) is 16.8. The summed E-state index contributed by atoms with van der Waals surface area (Å²) in [5.74, 6) is 0.366. The Hall–Kier alpha value is -2.48. The summed E-state index contributed by atoms with van der Waals surface area (Å²) in [6.45, 7) is 4.18. The number of aromatic carboxylic acids is 1. The smallest absolute Gasteiger partial charge is 0.336 e. The zero-order valence-electron chi connectivity index (χ0n) is 19.7. The van der Waals surface area contributed by atoms with Gasteiger partial charge in [0.25, 0.3) is 5.91 Å². The Kier molecular flexibility index (Phi) is 8.42. The lowest BCUT2D eigenvalue weighted by atomic mass is 9.94. The molecule has 2 aliphatic rings. The van der Waals surface area contributed by atoms with Crippen molar-refractivity contribution in [3.8, 4) is 11.5 Å². The number of ether oxygens (including phenoxy) is 2. The lowest BCUT2D eigenvalue weighted by Gasteiger charge is -2.37. The molecule has 0 aliphatic carbocycles. The fourth-order valence-corrected chi connectivity index (χ4v) is 5.11. The van der Waals surface area contributed by atoms with Crippen LogP contribution in [0.1, 0.15) is 46.4 Å². The van der Waals surface area contributed by atoms with Gasteiger partial charge in [0.2, 0.25) is 0 Å². The molecule has 1 N–H and O–H groups in total. The molecule has 2 heterocycles. The predicted octanol–water partition coefficient (Wildman–Crippen LogP) is 5.10. The van der Waals surface area contributed by atoms with Crippen LogP contribution in [0.2, 0.25) is 10.0 Å². The lowest BCUT2D eigenvalue weighted by Crippen LogP contribution is -2.44. The Morgan fingerprint density at radius 1 is 0.914 bits per heavy atom. The number of halogens is 2. The highest BCUT2D eigenvalue weighted by atomic mass is 35.5. The topological polar surface area (TPSA) is 79.3 Å². The summed E-state index contributed by atoms with van der Waals surface area (Å²) in [7, 11) is 1.50. The first-order valence-corrected chi connectivity index (χ1v) is 12.6. The summed E-state index contributed by atoms with van der Waals surface area (Å²) in [4.78, 5) is 28.9. The van der Waals surface area contributed by atoms with E-state index in [0.29, 0.717) is 34.8 Å². The molecular formula is C26H30Cl2N2O5. The van der Waals surface area contributed by atoms with Crippen LogP contribution in [-0.2, 0) is 0 Å². The molecule has 9 heteroatoms. The van der Waals surface area contributed by atoms with Crippen molar-refractivity contribution in [2.24, 2.45) is 5.92 Å². The number of hydrogen-bond acceptors (Lipinski definition) is 5. The lowest BCUT2D eigenvalue weighted by molar-refractivity contribution is 0.0594. The SMILES string of the molecule is COc1ccc(C(=O)O)c(C(=O)N2CCC(CN3CCC(Oc4ccc(Cl)c(Cl)c4)CC3)CC2)c1. The Labute approximate surface area is 215 Å². The number of hydrogen-bond donors (Lipinski definition) is 1. The number of carboxylic acid groups (broad SMARTS) is 1. The van der Waals surface area contributed by atoms with Gasteiger partial charge in [-0.1, -0.05) is 23.2 Å². The van der Waals surface area contributed by atoms with Gasteiger partial charge >= 0.3 is 5.97 Å². The average Bonchev–Trinajstić information content (AvgIpc) is 2.87. The van der Waals surface area contributed by atoms with Gasteiger partial charge < -0.3 is 24.4 Å². The molecule has 1 amide bonds. The highest BCUT2D eigenvalue weighted by Crippen LogP contribution is 2.29. The number of likely N-dealkylation sites (tertiary alicyclic amines) is 2. The number of methoxy groups -OCH3 is 1. The molecule has 2 fully saturated rings. The van der Waals surface area contributed by atoms with Gasteiger partial charge in [0.1, 0.15) is 17.6 Å². The molecule has 2 saturated heterocycles. The third-order valence-electron chi connectivity index (χ3n) is 6.83. The summed E-state index contributed by atoms with van der Waals surface area (Å²) >= 11 is 12.1. The minimum Gasteiger partial charge on any atom is -0.497 e.